The Labute approximate surface area is 96.9 Å². The number of hydrogen-bond acceptors (Lipinski definition) is 4. The number of nitrogens with two attached hydrogens (primary N) is 1. The van der Waals surface area contributed by atoms with Gasteiger partial charge in [-0.05, 0) is 25.8 Å². The Bertz CT molecular complexity index is 334. The molecule has 0 saturated heterocycles. The zero-order valence-electron chi connectivity index (χ0n) is 9.89. The van der Waals surface area contributed by atoms with Crippen molar-refractivity contribution in [3.8, 4) is 0 Å². The van der Waals surface area contributed by atoms with Crippen LogP contribution >= 0.6 is 0 Å². The molecule has 88 valence electrons. The van der Waals surface area contributed by atoms with Gasteiger partial charge >= 0.3 is 0 Å². The second-order valence-electron chi connectivity index (χ2n) is 4.38. The molecule has 2 rings (SSSR count). The molecule has 1 aliphatic carbocycles. The van der Waals surface area contributed by atoms with E-state index in [0.717, 1.165) is 18.2 Å². The maximum absolute atomic E-state index is 5.69. The quantitative estimate of drug-likeness (QED) is 0.835. The fourth-order valence-electron chi connectivity index (χ4n) is 2.44. The number of aryl methyl sites for hydroxylation is 1. The molecule has 0 aromatic carbocycles. The van der Waals surface area contributed by atoms with Crippen molar-refractivity contribution in [2.24, 2.45) is 5.73 Å². The Morgan fingerprint density at radius 1 is 1.44 bits per heavy atom. The van der Waals surface area contributed by atoms with Crippen LogP contribution in [-0.2, 0) is 0 Å². The smallest absolute Gasteiger partial charge is 0.132 e. The molecular formula is C12H20N4. The lowest BCUT2D eigenvalue weighted by Crippen LogP contribution is -2.38. The van der Waals surface area contributed by atoms with E-state index in [4.69, 9.17) is 5.73 Å². The summed E-state index contributed by atoms with van der Waals surface area (Å²) in [5.41, 5.74) is 5.69. The van der Waals surface area contributed by atoms with Gasteiger partial charge < -0.3 is 10.6 Å². The van der Waals surface area contributed by atoms with Crippen LogP contribution in [0.15, 0.2) is 12.3 Å². The van der Waals surface area contributed by atoms with Gasteiger partial charge in [0.1, 0.15) is 11.6 Å². The van der Waals surface area contributed by atoms with E-state index in [2.05, 4.69) is 14.9 Å². The normalized spacial score (nSPS) is 16.6. The van der Waals surface area contributed by atoms with Crippen molar-refractivity contribution in [1.82, 2.24) is 9.97 Å². The van der Waals surface area contributed by atoms with E-state index in [1.165, 1.54) is 25.7 Å². The van der Waals surface area contributed by atoms with Gasteiger partial charge in [-0.3, -0.25) is 0 Å². The third-order valence-corrected chi connectivity index (χ3v) is 3.19. The van der Waals surface area contributed by atoms with E-state index in [1.54, 1.807) is 0 Å². The van der Waals surface area contributed by atoms with Crippen LogP contribution in [0.5, 0.6) is 0 Å². The topological polar surface area (TPSA) is 55.0 Å². The molecule has 0 atom stereocenters. The molecule has 1 heterocycles. The third kappa shape index (κ3) is 2.50. The van der Waals surface area contributed by atoms with Gasteiger partial charge in [-0.2, -0.15) is 0 Å². The predicted molar refractivity (Wildman–Crippen MR) is 65.4 cm³/mol. The molecule has 4 heteroatoms. The molecule has 0 amide bonds. The van der Waals surface area contributed by atoms with Gasteiger partial charge in [-0.25, -0.2) is 9.97 Å². The zero-order valence-corrected chi connectivity index (χ0v) is 9.89. The maximum atomic E-state index is 5.69. The van der Waals surface area contributed by atoms with Crippen LogP contribution in [0.2, 0.25) is 0 Å². The third-order valence-electron chi connectivity index (χ3n) is 3.19. The highest BCUT2D eigenvalue weighted by atomic mass is 15.2. The Morgan fingerprint density at radius 3 is 2.81 bits per heavy atom. The van der Waals surface area contributed by atoms with Crippen LogP contribution in [-0.4, -0.2) is 29.1 Å². The Hall–Kier alpha value is -1.16. The average Bonchev–Trinajstić information content (AvgIpc) is 2.79. The number of hydrogen-bond donors (Lipinski definition) is 1. The predicted octanol–water partition coefficient (Wildman–Crippen LogP) is 1.49. The van der Waals surface area contributed by atoms with Crippen LogP contribution in [0.3, 0.4) is 0 Å². The number of anilines is 1. The van der Waals surface area contributed by atoms with E-state index >= 15 is 0 Å². The molecule has 16 heavy (non-hydrogen) atoms. The summed E-state index contributed by atoms with van der Waals surface area (Å²) in [4.78, 5) is 11.0. The molecule has 0 aliphatic heterocycles. The summed E-state index contributed by atoms with van der Waals surface area (Å²) in [7, 11) is 0. The highest BCUT2D eigenvalue weighted by Gasteiger charge is 2.23. The standard InChI is InChI=1S/C12H20N4/c1-10-14-8-6-12(15-10)16(9-7-13)11-4-2-3-5-11/h6,8,11H,2-5,7,9,13H2,1H3. The van der Waals surface area contributed by atoms with E-state index in [-0.39, 0.29) is 0 Å². The van der Waals surface area contributed by atoms with Crippen molar-refractivity contribution in [2.75, 3.05) is 18.0 Å². The summed E-state index contributed by atoms with van der Waals surface area (Å²) in [6.45, 7) is 3.50. The van der Waals surface area contributed by atoms with Gasteiger partial charge in [0.25, 0.3) is 0 Å². The van der Waals surface area contributed by atoms with Crippen molar-refractivity contribution in [3.05, 3.63) is 18.1 Å². The maximum Gasteiger partial charge on any atom is 0.132 e. The molecule has 1 aromatic rings. The van der Waals surface area contributed by atoms with Crippen LogP contribution < -0.4 is 10.6 Å². The monoisotopic (exact) mass is 220 g/mol. The first-order valence-electron chi connectivity index (χ1n) is 6.07. The number of aromatic nitrogens is 2. The summed E-state index contributed by atoms with van der Waals surface area (Å²) >= 11 is 0. The fourth-order valence-corrected chi connectivity index (χ4v) is 2.44. The fraction of sp³-hybridized carbons (Fsp3) is 0.667. The molecule has 0 unspecified atom stereocenters. The minimum Gasteiger partial charge on any atom is -0.352 e. The first-order valence-corrected chi connectivity index (χ1v) is 6.07. The van der Waals surface area contributed by atoms with E-state index in [9.17, 15) is 0 Å². The first-order chi connectivity index (χ1) is 7.81. The SMILES string of the molecule is Cc1nccc(N(CCN)C2CCCC2)n1. The molecule has 1 aromatic heterocycles. The average molecular weight is 220 g/mol. The lowest BCUT2D eigenvalue weighted by atomic mass is 10.2. The minimum atomic E-state index is 0.623. The van der Waals surface area contributed by atoms with Crippen molar-refractivity contribution in [1.29, 1.82) is 0 Å². The summed E-state index contributed by atoms with van der Waals surface area (Å²) in [5, 5.41) is 0. The van der Waals surface area contributed by atoms with Crippen molar-refractivity contribution >= 4 is 5.82 Å². The molecule has 0 bridgehead atoms. The van der Waals surface area contributed by atoms with Gasteiger partial charge in [0.15, 0.2) is 0 Å². The van der Waals surface area contributed by atoms with Gasteiger partial charge in [0.2, 0.25) is 0 Å². The van der Waals surface area contributed by atoms with Gasteiger partial charge in [0.05, 0.1) is 0 Å². The summed E-state index contributed by atoms with van der Waals surface area (Å²) < 4.78 is 0. The second kappa shape index (κ2) is 5.25. The van der Waals surface area contributed by atoms with Crippen LogP contribution in [0, 0.1) is 6.92 Å². The van der Waals surface area contributed by atoms with Crippen molar-refractivity contribution in [3.63, 3.8) is 0 Å². The minimum absolute atomic E-state index is 0.623. The zero-order chi connectivity index (χ0) is 11.4. The lowest BCUT2D eigenvalue weighted by Gasteiger charge is -2.29. The second-order valence-corrected chi connectivity index (χ2v) is 4.38. The van der Waals surface area contributed by atoms with Gasteiger partial charge in [-0.1, -0.05) is 12.8 Å². The molecule has 4 nitrogen and oxygen atoms in total. The number of rotatable bonds is 4. The molecule has 0 spiro atoms. The Morgan fingerprint density at radius 2 is 2.19 bits per heavy atom. The van der Waals surface area contributed by atoms with Crippen LogP contribution in [0.25, 0.3) is 0 Å². The van der Waals surface area contributed by atoms with E-state index in [1.807, 2.05) is 19.2 Å². The lowest BCUT2D eigenvalue weighted by molar-refractivity contribution is 0.600. The van der Waals surface area contributed by atoms with E-state index < -0.39 is 0 Å². The molecule has 0 radical (unpaired) electrons. The highest BCUT2D eigenvalue weighted by Crippen LogP contribution is 2.26. The first kappa shape index (κ1) is 11.3. The summed E-state index contributed by atoms with van der Waals surface area (Å²) in [5.74, 6) is 1.86. The largest absolute Gasteiger partial charge is 0.352 e. The molecule has 1 fully saturated rings. The van der Waals surface area contributed by atoms with Crippen LogP contribution in [0.4, 0.5) is 5.82 Å². The Balaban J connectivity index is 2.17. The molecule has 2 N–H and O–H groups in total. The molecule has 1 aliphatic rings. The highest BCUT2D eigenvalue weighted by molar-refractivity contribution is 5.39. The summed E-state index contributed by atoms with van der Waals surface area (Å²) in [6, 6.07) is 2.61. The molecular weight excluding hydrogens is 200 g/mol. The van der Waals surface area contributed by atoms with Gasteiger partial charge in [0, 0.05) is 25.3 Å². The summed E-state index contributed by atoms with van der Waals surface area (Å²) in [6.07, 6.45) is 7.02. The van der Waals surface area contributed by atoms with Crippen molar-refractivity contribution < 1.29 is 0 Å². The number of nitrogens with zero attached hydrogens (tertiary/aromatic N) is 3. The van der Waals surface area contributed by atoms with Crippen molar-refractivity contribution in [2.45, 2.75) is 38.6 Å². The van der Waals surface area contributed by atoms with Gasteiger partial charge in [-0.15, -0.1) is 0 Å². The Kier molecular flexibility index (Phi) is 3.72. The van der Waals surface area contributed by atoms with Crippen LogP contribution in [0.1, 0.15) is 31.5 Å². The van der Waals surface area contributed by atoms with E-state index in [0.29, 0.717) is 12.6 Å². The molecule has 1 saturated carbocycles.